The summed E-state index contributed by atoms with van der Waals surface area (Å²) in [6.45, 7) is 3.85. The molecule has 24 heavy (non-hydrogen) atoms. The summed E-state index contributed by atoms with van der Waals surface area (Å²) < 4.78 is 11.0. The lowest BCUT2D eigenvalue weighted by atomic mass is 10.00. The summed E-state index contributed by atoms with van der Waals surface area (Å²) in [5, 5.41) is 9.48. The fourth-order valence-electron chi connectivity index (χ4n) is 2.72. The molecular formula is C18H16O5S. The van der Waals surface area contributed by atoms with Crippen molar-refractivity contribution in [3.05, 3.63) is 50.7 Å². The van der Waals surface area contributed by atoms with Gasteiger partial charge in [-0.05, 0) is 49.3 Å². The number of carboxylic acids is 1. The van der Waals surface area contributed by atoms with Crippen molar-refractivity contribution in [1.82, 2.24) is 0 Å². The van der Waals surface area contributed by atoms with E-state index in [0.29, 0.717) is 10.6 Å². The van der Waals surface area contributed by atoms with Crippen LogP contribution in [0.5, 0.6) is 11.5 Å². The lowest BCUT2D eigenvalue weighted by Crippen LogP contribution is -2.23. The van der Waals surface area contributed by atoms with Crippen LogP contribution in [0.3, 0.4) is 0 Å². The Kier molecular flexibility index (Phi) is 4.26. The molecule has 6 heteroatoms. The second kappa shape index (κ2) is 6.22. The van der Waals surface area contributed by atoms with Crippen molar-refractivity contribution in [3.8, 4) is 11.5 Å². The van der Waals surface area contributed by atoms with Gasteiger partial charge in [0, 0.05) is 12.0 Å². The molecule has 0 saturated heterocycles. The van der Waals surface area contributed by atoms with Crippen molar-refractivity contribution in [2.24, 2.45) is 0 Å². The molecule has 1 aliphatic rings. The molecule has 1 aromatic heterocycles. The van der Waals surface area contributed by atoms with Gasteiger partial charge < -0.3 is 14.6 Å². The lowest BCUT2D eigenvalue weighted by molar-refractivity contribution is 0.0699. The number of rotatable bonds is 4. The molecule has 1 atom stereocenters. The maximum atomic E-state index is 12.6. The normalized spacial score (nSPS) is 16.1. The maximum absolute atomic E-state index is 12.6. The molecular weight excluding hydrogens is 328 g/mol. The molecule has 0 saturated carbocycles. The molecule has 2 aromatic rings. The standard InChI is InChI=1S/C18H16O5S/c1-9-6-10(2)8-11(7-9)23-16-14-13(24-17(16)18(20)21)5-4-12(22-3)15(14)19/h4-8,12H,1-3H3,(H,20,21). The van der Waals surface area contributed by atoms with Gasteiger partial charge in [-0.25, -0.2) is 4.79 Å². The Labute approximate surface area is 143 Å². The van der Waals surface area contributed by atoms with Gasteiger partial charge in [-0.2, -0.15) is 0 Å². The maximum Gasteiger partial charge on any atom is 0.349 e. The van der Waals surface area contributed by atoms with Crippen molar-refractivity contribution in [3.63, 3.8) is 0 Å². The topological polar surface area (TPSA) is 72.8 Å². The highest BCUT2D eigenvalue weighted by molar-refractivity contribution is 7.15. The Bertz CT molecular complexity index is 842. The zero-order valence-electron chi connectivity index (χ0n) is 13.5. The monoisotopic (exact) mass is 344 g/mol. The summed E-state index contributed by atoms with van der Waals surface area (Å²) in [5.41, 5.74) is 2.25. The smallest absolute Gasteiger partial charge is 0.349 e. The van der Waals surface area contributed by atoms with Crippen LogP contribution in [-0.4, -0.2) is 30.1 Å². The van der Waals surface area contributed by atoms with Gasteiger partial charge in [-0.15, -0.1) is 11.3 Å². The summed E-state index contributed by atoms with van der Waals surface area (Å²) in [7, 11) is 1.44. The minimum absolute atomic E-state index is 0.00825. The number of hydrogen-bond donors (Lipinski definition) is 1. The van der Waals surface area contributed by atoms with E-state index in [9.17, 15) is 14.7 Å². The number of methoxy groups -OCH3 is 1. The Morgan fingerprint density at radius 1 is 1.21 bits per heavy atom. The van der Waals surface area contributed by atoms with Crippen molar-refractivity contribution in [1.29, 1.82) is 0 Å². The predicted molar refractivity (Wildman–Crippen MR) is 91.4 cm³/mol. The summed E-state index contributed by atoms with van der Waals surface area (Å²) in [6.07, 6.45) is 2.60. The highest BCUT2D eigenvalue weighted by Crippen LogP contribution is 2.42. The molecule has 0 amide bonds. The number of ketones is 1. The third-order valence-corrected chi connectivity index (χ3v) is 4.81. The van der Waals surface area contributed by atoms with Gasteiger partial charge in [0.05, 0.1) is 5.56 Å². The molecule has 0 spiro atoms. The van der Waals surface area contributed by atoms with Crippen LogP contribution in [0.25, 0.3) is 6.08 Å². The Morgan fingerprint density at radius 2 is 1.88 bits per heavy atom. The van der Waals surface area contributed by atoms with E-state index < -0.39 is 12.1 Å². The van der Waals surface area contributed by atoms with Crippen LogP contribution in [0.15, 0.2) is 24.3 Å². The van der Waals surface area contributed by atoms with Crippen molar-refractivity contribution in [2.75, 3.05) is 7.11 Å². The van der Waals surface area contributed by atoms with Gasteiger partial charge >= 0.3 is 5.97 Å². The van der Waals surface area contributed by atoms with Crippen LogP contribution in [0.1, 0.15) is 36.0 Å². The number of fused-ring (bicyclic) bond motifs is 1. The molecule has 1 aromatic carbocycles. The number of hydrogen-bond acceptors (Lipinski definition) is 5. The molecule has 1 unspecified atom stereocenters. The van der Waals surface area contributed by atoms with Gasteiger partial charge in [0.25, 0.3) is 0 Å². The van der Waals surface area contributed by atoms with Gasteiger partial charge in [0.2, 0.25) is 5.78 Å². The van der Waals surface area contributed by atoms with E-state index in [1.54, 1.807) is 24.3 Å². The molecule has 3 rings (SSSR count). The first-order chi connectivity index (χ1) is 11.4. The van der Waals surface area contributed by atoms with E-state index >= 15 is 0 Å². The second-order valence-electron chi connectivity index (χ2n) is 5.61. The first-order valence-electron chi connectivity index (χ1n) is 7.32. The van der Waals surface area contributed by atoms with E-state index in [-0.39, 0.29) is 22.0 Å². The summed E-state index contributed by atoms with van der Waals surface area (Å²) in [5.74, 6) is -0.821. The van der Waals surface area contributed by atoms with Crippen LogP contribution >= 0.6 is 11.3 Å². The van der Waals surface area contributed by atoms with E-state index in [1.165, 1.54) is 7.11 Å². The average molecular weight is 344 g/mol. The molecule has 0 bridgehead atoms. The largest absolute Gasteiger partial charge is 0.477 e. The number of carbonyl (C=O) groups excluding carboxylic acids is 1. The lowest BCUT2D eigenvalue weighted by Gasteiger charge is -2.16. The van der Waals surface area contributed by atoms with E-state index in [0.717, 1.165) is 22.5 Å². The van der Waals surface area contributed by atoms with Crippen molar-refractivity contribution in [2.45, 2.75) is 20.0 Å². The number of Topliss-reactive ketones (excluding diaryl/α,β-unsaturated/α-hetero) is 1. The van der Waals surface area contributed by atoms with Gasteiger partial charge in [0.15, 0.2) is 10.6 Å². The number of benzene rings is 1. The summed E-state index contributed by atoms with van der Waals surface area (Å²) in [4.78, 5) is 24.8. The number of carbonyl (C=O) groups is 2. The SMILES string of the molecule is COC1C=Cc2sc(C(=O)O)c(Oc3cc(C)cc(C)c3)c2C1=O. The third kappa shape index (κ3) is 2.86. The highest BCUT2D eigenvalue weighted by atomic mass is 32.1. The number of ether oxygens (including phenoxy) is 2. The highest BCUT2D eigenvalue weighted by Gasteiger charge is 2.33. The van der Waals surface area contributed by atoms with Crippen molar-refractivity contribution < 1.29 is 24.2 Å². The Morgan fingerprint density at radius 3 is 2.46 bits per heavy atom. The number of aryl methyl sites for hydroxylation is 2. The fourth-order valence-corrected chi connectivity index (χ4v) is 3.71. The molecule has 1 heterocycles. The number of thiophene rings is 1. The molecule has 0 fully saturated rings. The zero-order chi connectivity index (χ0) is 17.4. The zero-order valence-corrected chi connectivity index (χ0v) is 14.3. The Hall–Kier alpha value is -2.44. The van der Waals surface area contributed by atoms with Gasteiger partial charge in [-0.3, -0.25) is 4.79 Å². The summed E-state index contributed by atoms with van der Waals surface area (Å²) >= 11 is 1.03. The summed E-state index contributed by atoms with van der Waals surface area (Å²) in [6, 6.07) is 5.60. The molecule has 124 valence electrons. The van der Waals surface area contributed by atoms with Crippen LogP contribution in [0.4, 0.5) is 0 Å². The van der Waals surface area contributed by atoms with Crippen LogP contribution in [0.2, 0.25) is 0 Å². The first-order valence-corrected chi connectivity index (χ1v) is 8.13. The third-order valence-electron chi connectivity index (χ3n) is 3.68. The van der Waals surface area contributed by atoms with E-state index in [4.69, 9.17) is 9.47 Å². The Balaban J connectivity index is 2.13. The van der Waals surface area contributed by atoms with E-state index in [1.807, 2.05) is 19.9 Å². The molecule has 0 radical (unpaired) electrons. The predicted octanol–water partition coefficient (Wildman–Crippen LogP) is 4.08. The minimum Gasteiger partial charge on any atom is -0.477 e. The van der Waals surface area contributed by atoms with Gasteiger partial charge in [0.1, 0.15) is 11.9 Å². The average Bonchev–Trinajstić information content (AvgIpc) is 2.86. The van der Waals surface area contributed by atoms with Crippen LogP contribution in [-0.2, 0) is 4.74 Å². The number of aromatic carboxylic acids is 1. The molecule has 1 aliphatic carbocycles. The van der Waals surface area contributed by atoms with Crippen molar-refractivity contribution >= 4 is 29.2 Å². The minimum atomic E-state index is -1.12. The van der Waals surface area contributed by atoms with E-state index in [2.05, 4.69) is 0 Å². The number of carboxylic acid groups (broad SMARTS) is 1. The molecule has 5 nitrogen and oxygen atoms in total. The fraction of sp³-hybridized carbons (Fsp3) is 0.222. The second-order valence-corrected chi connectivity index (χ2v) is 6.66. The molecule has 0 aliphatic heterocycles. The van der Waals surface area contributed by atoms with Crippen LogP contribution in [0, 0.1) is 13.8 Å². The quantitative estimate of drug-likeness (QED) is 0.905. The first kappa shape index (κ1) is 16.4. The van der Waals surface area contributed by atoms with Crippen LogP contribution < -0.4 is 4.74 Å². The molecule has 1 N–H and O–H groups in total. The van der Waals surface area contributed by atoms with Gasteiger partial charge in [-0.1, -0.05) is 6.07 Å².